The van der Waals surface area contributed by atoms with Crippen molar-refractivity contribution in [2.24, 2.45) is 7.05 Å². The average Bonchev–Trinajstić information content (AvgIpc) is 3.62. The van der Waals surface area contributed by atoms with Crippen molar-refractivity contribution in [3.8, 4) is 0 Å². The van der Waals surface area contributed by atoms with Crippen molar-refractivity contribution in [3.63, 3.8) is 0 Å². The number of ether oxygens (including phenoxy) is 2. The first kappa shape index (κ1) is 36.6. The zero-order chi connectivity index (χ0) is 36.0. The van der Waals surface area contributed by atoms with Crippen LogP contribution in [0.4, 0.5) is 14.9 Å². The van der Waals surface area contributed by atoms with E-state index in [4.69, 9.17) is 9.47 Å². The lowest BCUT2D eigenvalue weighted by Crippen LogP contribution is -2.46. The number of likely N-dealkylation sites (tertiary alicyclic amines) is 1. The van der Waals surface area contributed by atoms with Crippen LogP contribution in [0.2, 0.25) is 0 Å². The zero-order valence-electron chi connectivity index (χ0n) is 29.9. The first-order valence-electron chi connectivity index (χ1n) is 17.3. The number of amides is 3. The van der Waals surface area contributed by atoms with Crippen LogP contribution in [0.25, 0.3) is 10.9 Å². The van der Waals surface area contributed by atoms with Crippen molar-refractivity contribution in [1.82, 2.24) is 24.6 Å². The normalized spacial score (nSPS) is 15.6. The van der Waals surface area contributed by atoms with Crippen LogP contribution in [-0.2, 0) is 34.3 Å². The molecular formula is C38H49FN6O5. The summed E-state index contributed by atoms with van der Waals surface area (Å²) >= 11 is 0. The molecular weight excluding hydrogens is 639 g/mol. The SMILES string of the molecule is COCCCn1c(C2CCCN(C(=O)C[C@@H](Cc3ccc(NC(=O)c4ccnn4C)cc3)NC(=O)OC(C)(C)C)C2)c(C)c2cccc(F)c21. The van der Waals surface area contributed by atoms with Gasteiger partial charge in [0.15, 0.2) is 0 Å². The number of nitrogens with one attached hydrogen (secondary N) is 2. The van der Waals surface area contributed by atoms with Gasteiger partial charge in [0.05, 0.1) is 5.52 Å². The second-order valence-corrected chi connectivity index (χ2v) is 14.1. The molecule has 1 aliphatic rings. The van der Waals surface area contributed by atoms with Crippen LogP contribution in [0.5, 0.6) is 0 Å². The molecule has 1 unspecified atom stereocenters. The molecule has 2 atom stereocenters. The highest BCUT2D eigenvalue weighted by Gasteiger charge is 2.31. The predicted molar refractivity (Wildman–Crippen MR) is 191 cm³/mol. The fourth-order valence-electron chi connectivity index (χ4n) is 6.89. The van der Waals surface area contributed by atoms with E-state index in [9.17, 15) is 14.4 Å². The average molecular weight is 689 g/mol. The van der Waals surface area contributed by atoms with E-state index in [-0.39, 0.29) is 30.0 Å². The molecule has 2 N–H and O–H groups in total. The molecule has 3 amide bonds. The minimum absolute atomic E-state index is 0.0356. The summed E-state index contributed by atoms with van der Waals surface area (Å²) in [4.78, 5) is 41.4. The van der Waals surface area contributed by atoms with E-state index in [0.717, 1.165) is 41.5 Å². The molecule has 268 valence electrons. The van der Waals surface area contributed by atoms with Crippen LogP contribution in [0.3, 0.4) is 0 Å². The minimum Gasteiger partial charge on any atom is -0.444 e. The number of rotatable bonds is 12. The predicted octanol–water partition coefficient (Wildman–Crippen LogP) is 6.34. The van der Waals surface area contributed by atoms with Gasteiger partial charge in [-0.3, -0.25) is 14.3 Å². The van der Waals surface area contributed by atoms with Crippen molar-refractivity contribution >= 4 is 34.5 Å². The first-order chi connectivity index (χ1) is 23.8. The lowest BCUT2D eigenvalue weighted by molar-refractivity contribution is -0.132. The molecule has 2 aromatic heterocycles. The topological polar surface area (TPSA) is 120 Å². The molecule has 1 saturated heterocycles. The van der Waals surface area contributed by atoms with Crippen molar-refractivity contribution in [2.45, 2.75) is 83.9 Å². The lowest BCUT2D eigenvalue weighted by Gasteiger charge is -2.35. The van der Waals surface area contributed by atoms with Gasteiger partial charge >= 0.3 is 6.09 Å². The van der Waals surface area contributed by atoms with Crippen molar-refractivity contribution in [3.05, 3.63) is 83.1 Å². The van der Waals surface area contributed by atoms with Crippen LogP contribution in [-0.4, -0.2) is 75.6 Å². The van der Waals surface area contributed by atoms with Crippen LogP contribution in [0.1, 0.15) is 79.7 Å². The summed E-state index contributed by atoms with van der Waals surface area (Å²) in [5, 5.41) is 10.7. The van der Waals surface area contributed by atoms with Crippen molar-refractivity contribution in [1.29, 1.82) is 0 Å². The molecule has 1 aliphatic heterocycles. The molecule has 0 saturated carbocycles. The number of fused-ring (bicyclic) bond motifs is 1. The number of benzene rings is 2. The number of hydrogen-bond acceptors (Lipinski definition) is 6. The molecule has 0 spiro atoms. The third-order valence-corrected chi connectivity index (χ3v) is 9.12. The largest absolute Gasteiger partial charge is 0.444 e. The van der Waals surface area contributed by atoms with Gasteiger partial charge in [-0.15, -0.1) is 0 Å². The molecule has 0 aliphatic carbocycles. The van der Waals surface area contributed by atoms with Gasteiger partial charge in [0.25, 0.3) is 5.91 Å². The maximum atomic E-state index is 15.2. The van der Waals surface area contributed by atoms with E-state index in [1.807, 2.05) is 30.0 Å². The Hall–Kier alpha value is -4.71. The number of aryl methyl sites for hydroxylation is 3. The number of methoxy groups -OCH3 is 1. The number of piperidine rings is 1. The molecule has 0 bridgehead atoms. The molecule has 5 rings (SSSR count). The van der Waals surface area contributed by atoms with Gasteiger partial charge in [-0.25, -0.2) is 9.18 Å². The summed E-state index contributed by atoms with van der Waals surface area (Å²) in [5.74, 6) is -0.559. The number of anilines is 1. The summed E-state index contributed by atoms with van der Waals surface area (Å²) in [5.41, 5.74) is 3.94. The zero-order valence-corrected chi connectivity index (χ0v) is 29.9. The van der Waals surface area contributed by atoms with E-state index in [0.29, 0.717) is 49.6 Å². The standard InChI is InChI=1S/C38H49FN6O5/c1-25-30-11-7-12-31(39)35(30)45(20-9-21-49-6)34(25)27-10-8-19-44(24-27)33(46)23-29(42-37(48)50-38(2,3)4)22-26-13-15-28(16-14-26)41-36(47)32-17-18-40-43(32)5/h7,11-18,27,29H,8-10,19-24H2,1-6H3,(H,41,47)(H,42,48)/t27?,29-/m1/s1. The number of carbonyl (C=O) groups is 3. The number of aromatic nitrogens is 3. The van der Waals surface area contributed by atoms with E-state index >= 15 is 4.39 Å². The molecule has 2 aromatic carbocycles. The highest BCUT2D eigenvalue weighted by Crippen LogP contribution is 2.37. The highest BCUT2D eigenvalue weighted by molar-refractivity contribution is 6.03. The third kappa shape index (κ3) is 8.90. The Morgan fingerprint density at radius 1 is 1.10 bits per heavy atom. The molecule has 3 heterocycles. The number of carbonyl (C=O) groups excluding carboxylic acids is 3. The smallest absolute Gasteiger partial charge is 0.407 e. The van der Waals surface area contributed by atoms with Crippen molar-refractivity contribution in [2.75, 3.05) is 32.1 Å². The fraction of sp³-hybridized carbons (Fsp3) is 0.474. The van der Waals surface area contributed by atoms with E-state index in [2.05, 4.69) is 20.3 Å². The number of alkyl carbamates (subject to hydrolysis) is 1. The molecule has 12 heteroatoms. The number of nitrogens with zero attached hydrogens (tertiary/aromatic N) is 4. The summed E-state index contributed by atoms with van der Waals surface area (Å²) in [6, 6.07) is 13.6. The second-order valence-electron chi connectivity index (χ2n) is 14.1. The van der Waals surface area contributed by atoms with E-state index < -0.39 is 17.7 Å². The third-order valence-electron chi connectivity index (χ3n) is 9.12. The van der Waals surface area contributed by atoms with E-state index in [1.165, 1.54) is 10.7 Å². The highest BCUT2D eigenvalue weighted by atomic mass is 19.1. The summed E-state index contributed by atoms with van der Waals surface area (Å²) < 4.78 is 29.7. The van der Waals surface area contributed by atoms with Gasteiger partial charge in [-0.05, 0) is 88.8 Å². The second kappa shape index (κ2) is 15.9. The molecule has 0 radical (unpaired) electrons. The first-order valence-corrected chi connectivity index (χ1v) is 17.3. The fourth-order valence-corrected chi connectivity index (χ4v) is 6.89. The van der Waals surface area contributed by atoms with Crippen LogP contribution >= 0.6 is 0 Å². The summed E-state index contributed by atoms with van der Waals surface area (Å²) in [6.45, 7) is 9.72. The minimum atomic E-state index is -0.703. The van der Waals surface area contributed by atoms with Gasteiger partial charge in [0.1, 0.15) is 17.1 Å². The molecule has 50 heavy (non-hydrogen) atoms. The van der Waals surface area contributed by atoms with Gasteiger partial charge in [-0.2, -0.15) is 5.10 Å². The number of hydrogen-bond donors (Lipinski definition) is 2. The molecule has 1 fully saturated rings. The molecule has 11 nitrogen and oxygen atoms in total. The lowest BCUT2D eigenvalue weighted by atomic mass is 9.91. The maximum absolute atomic E-state index is 15.2. The van der Waals surface area contributed by atoms with Crippen molar-refractivity contribution < 1.29 is 28.2 Å². The van der Waals surface area contributed by atoms with Gasteiger partial charge in [-0.1, -0.05) is 24.3 Å². The van der Waals surface area contributed by atoms with Crippen LogP contribution in [0, 0.1) is 12.7 Å². The van der Waals surface area contributed by atoms with Crippen LogP contribution < -0.4 is 10.6 Å². The van der Waals surface area contributed by atoms with Crippen LogP contribution in [0.15, 0.2) is 54.7 Å². The monoisotopic (exact) mass is 688 g/mol. The van der Waals surface area contributed by atoms with Gasteiger partial charge in [0, 0.05) is 81.7 Å². The van der Waals surface area contributed by atoms with Gasteiger partial charge in [0.2, 0.25) is 5.91 Å². The summed E-state index contributed by atoms with van der Waals surface area (Å²) in [6.07, 6.45) is 3.87. The Morgan fingerprint density at radius 3 is 2.54 bits per heavy atom. The quantitative estimate of drug-likeness (QED) is 0.168. The number of para-hydroxylation sites is 1. The Labute approximate surface area is 293 Å². The Kier molecular flexibility index (Phi) is 11.6. The molecule has 4 aromatic rings. The van der Waals surface area contributed by atoms with E-state index in [1.54, 1.807) is 65.4 Å². The summed E-state index contributed by atoms with van der Waals surface area (Å²) in [7, 11) is 3.36. The Morgan fingerprint density at radius 2 is 1.86 bits per heavy atom. The Bertz CT molecular complexity index is 1810. The van der Waals surface area contributed by atoms with Gasteiger partial charge < -0.3 is 29.6 Å². The number of halogens is 1. The maximum Gasteiger partial charge on any atom is 0.407 e. The Balaban J connectivity index is 1.32.